The van der Waals surface area contributed by atoms with E-state index in [1.807, 2.05) is 6.92 Å². The van der Waals surface area contributed by atoms with E-state index in [9.17, 15) is 4.79 Å². The van der Waals surface area contributed by atoms with Crippen molar-refractivity contribution >= 4 is 34.5 Å². The Morgan fingerprint density at radius 1 is 1.22 bits per heavy atom. The number of carbonyl (C=O) groups is 1. The molecule has 0 fully saturated rings. The van der Waals surface area contributed by atoms with Gasteiger partial charge in [0.15, 0.2) is 10.8 Å². The second-order valence-corrected chi connectivity index (χ2v) is 7.98. The van der Waals surface area contributed by atoms with Crippen LogP contribution in [0.3, 0.4) is 0 Å². The molecule has 2 aromatic heterocycles. The van der Waals surface area contributed by atoms with Crippen LogP contribution in [0.1, 0.15) is 30.6 Å². The third-order valence-corrected chi connectivity index (χ3v) is 5.65. The fourth-order valence-electron chi connectivity index (χ4n) is 3.02. The van der Waals surface area contributed by atoms with Crippen molar-refractivity contribution in [1.82, 2.24) is 25.1 Å². The largest absolute Gasteiger partial charge is 0.497 e. The van der Waals surface area contributed by atoms with E-state index < -0.39 is 0 Å². The highest BCUT2D eigenvalue weighted by molar-refractivity contribution is 7.99. The van der Waals surface area contributed by atoms with Gasteiger partial charge in [-0.15, -0.1) is 0 Å². The number of benzene rings is 1. The Morgan fingerprint density at radius 2 is 2.09 bits per heavy atom. The third-order valence-electron chi connectivity index (χ3n) is 4.60. The number of hydrogen-bond acceptors (Lipinski definition) is 8. The summed E-state index contributed by atoms with van der Waals surface area (Å²) in [6, 6.07) is 7.07. The number of anilines is 1. The molecule has 0 bridgehead atoms. The van der Waals surface area contributed by atoms with Gasteiger partial charge in [0.2, 0.25) is 0 Å². The molecule has 0 radical (unpaired) electrons. The first-order chi connectivity index (χ1) is 15.7. The van der Waals surface area contributed by atoms with Crippen molar-refractivity contribution in [3.8, 4) is 5.75 Å². The van der Waals surface area contributed by atoms with E-state index in [0.29, 0.717) is 49.3 Å². The Hall–Kier alpha value is -2.85. The molecule has 0 aliphatic carbocycles. The number of methoxy groups -OCH3 is 1. The fraction of sp³-hybridized carbons (Fsp3) is 0.455. The van der Waals surface area contributed by atoms with E-state index in [2.05, 4.69) is 27.6 Å². The molecule has 32 heavy (non-hydrogen) atoms. The molecule has 172 valence electrons. The molecule has 9 nitrogen and oxygen atoms in total. The molecule has 3 aromatic rings. The molecule has 0 aliphatic heterocycles. The van der Waals surface area contributed by atoms with Gasteiger partial charge in [-0.1, -0.05) is 24.8 Å². The minimum absolute atomic E-state index is 0.160. The molecule has 2 N–H and O–H groups in total. The van der Waals surface area contributed by atoms with Crippen molar-refractivity contribution in [2.45, 2.75) is 32.0 Å². The molecule has 0 saturated heterocycles. The fourth-order valence-corrected chi connectivity index (χ4v) is 3.71. The smallest absolute Gasteiger partial charge is 0.251 e. The third kappa shape index (κ3) is 6.33. The molecule has 3 rings (SSSR count). The lowest BCUT2D eigenvalue weighted by atomic mass is 10.2. The van der Waals surface area contributed by atoms with Gasteiger partial charge in [-0.25, -0.2) is 14.6 Å². The summed E-state index contributed by atoms with van der Waals surface area (Å²) in [5.41, 5.74) is 1.30. The topological polar surface area (TPSA) is 103 Å². The number of nitrogens with zero attached hydrogens (tertiary/aromatic N) is 4. The number of rotatable bonds is 13. The summed E-state index contributed by atoms with van der Waals surface area (Å²) in [6.45, 7) is 6.94. The van der Waals surface area contributed by atoms with Gasteiger partial charge in [0.25, 0.3) is 5.91 Å². The number of nitrogens with one attached hydrogen (secondary N) is 2. The van der Waals surface area contributed by atoms with Gasteiger partial charge in [0, 0.05) is 31.0 Å². The normalized spacial score (nSPS) is 11.0. The number of fused-ring (bicyclic) bond motifs is 1. The summed E-state index contributed by atoms with van der Waals surface area (Å²) in [5.74, 6) is 2.18. The van der Waals surface area contributed by atoms with Crippen LogP contribution in [0.2, 0.25) is 0 Å². The van der Waals surface area contributed by atoms with Gasteiger partial charge in [-0.05, 0) is 31.5 Å². The van der Waals surface area contributed by atoms with Crippen molar-refractivity contribution in [3.05, 3.63) is 36.0 Å². The average molecular weight is 459 g/mol. The Balaban J connectivity index is 1.70. The molecule has 0 aliphatic rings. The van der Waals surface area contributed by atoms with Crippen molar-refractivity contribution in [2.75, 3.05) is 44.5 Å². The van der Waals surface area contributed by atoms with E-state index in [0.717, 1.165) is 29.0 Å². The zero-order valence-electron chi connectivity index (χ0n) is 18.8. The van der Waals surface area contributed by atoms with Gasteiger partial charge in [0.05, 0.1) is 31.8 Å². The van der Waals surface area contributed by atoms with Crippen molar-refractivity contribution in [1.29, 1.82) is 0 Å². The monoisotopic (exact) mass is 458 g/mol. The molecule has 1 aromatic carbocycles. The van der Waals surface area contributed by atoms with Gasteiger partial charge >= 0.3 is 0 Å². The zero-order chi connectivity index (χ0) is 22.8. The summed E-state index contributed by atoms with van der Waals surface area (Å²) in [7, 11) is 1.58. The molecule has 1 amide bonds. The summed E-state index contributed by atoms with van der Waals surface area (Å²) in [5, 5.41) is 12.3. The Bertz CT molecular complexity index is 1030. The highest BCUT2D eigenvalue weighted by Gasteiger charge is 2.14. The van der Waals surface area contributed by atoms with Crippen molar-refractivity contribution in [2.24, 2.45) is 0 Å². The second-order valence-electron chi connectivity index (χ2n) is 6.92. The van der Waals surface area contributed by atoms with E-state index >= 15 is 0 Å². The number of thioether (sulfide) groups is 1. The van der Waals surface area contributed by atoms with Crippen LogP contribution in [0.4, 0.5) is 5.82 Å². The molecule has 0 atom stereocenters. The number of amides is 1. The summed E-state index contributed by atoms with van der Waals surface area (Å²) in [4.78, 5) is 21.8. The van der Waals surface area contributed by atoms with Crippen LogP contribution in [-0.4, -0.2) is 64.8 Å². The summed E-state index contributed by atoms with van der Waals surface area (Å²) < 4.78 is 12.4. The zero-order valence-corrected chi connectivity index (χ0v) is 19.6. The lowest BCUT2D eigenvalue weighted by Gasteiger charge is -2.10. The molecule has 0 spiro atoms. The summed E-state index contributed by atoms with van der Waals surface area (Å²) in [6.07, 6.45) is 2.80. The predicted molar refractivity (Wildman–Crippen MR) is 127 cm³/mol. The van der Waals surface area contributed by atoms with Crippen molar-refractivity contribution < 1.29 is 14.3 Å². The van der Waals surface area contributed by atoms with Crippen LogP contribution in [0.5, 0.6) is 5.75 Å². The van der Waals surface area contributed by atoms with Gasteiger partial charge < -0.3 is 20.1 Å². The average Bonchev–Trinajstić information content (AvgIpc) is 3.23. The molecular weight excluding hydrogens is 428 g/mol. The van der Waals surface area contributed by atoms with E-state index in [1.165, 1.54) is 0 Å². The molecular formula is C22H30N6O3S. The highest BCUT2D eigenvalue weighted by Crippen LogP contribution is 2.24. The maximum Gasteiger partial charge on any atom is 0.251 e. The summed E-state index contributed by atoms with van der Waals surface area (Å²) >= 11 is 1.62. The van der Waals surface area contributed by atoms with Crippen LogP contribution >= 0.6 is 11.8 Å². The minimum Gasteiger partial charge on any atom is -0.497 e. The Kier molecular flexibility index (Phi) is 9.12. The molecule has 10 heteroatoms. The van der Waals surface area contributed by atoms with E-state index in [-0.39, 0.29) is 5.91 Å². The number of aromatic nitrogens is 4. The number of ether oxygens (including phenoxy) is 2. The first kappa shape index (κ1) is 23.8. The maximum atomic E-state index is 12.5. The SMILES string of the molecule is CCCSc1nc(NCCOCC)c2cnn(CCNC(=O)c3cccc(OC)c3)c2n1. The van der Waals surface area contributed by atoms with Crippen LogP contribution in [0.15, 0.2) is 35.6 Å². The lowest BCUT2D eigenvalue weighted by Crippen LogP contribution is -2.27. The van der Waals surface area contributed by atoms with E-state index in [1.54, 1.807) is 54.0 Å². The number of carbonyl (C=O) groups excluding carboxylic acids is 1. The Morgan fingerprint density at radius 3 is 2.88 bits per heavy atom. The highest BCUT2D eigenvalue weighted by atomic mass is 32.2. The Labute approximate surface area is 192 Å². The minimum atomic E-state index is -0.160. The predicted octanol–water partition coefficient (Wildman–Crippen LogP) is 3.22. The van der Waals surface area contributed by atoms with Crippen LogP contribution in [0, 0.1) is 0 Å². The lowest BCUT2D eigenvalue weighted by molar-refractivity contribution is 0.0951. The van der Waals surface area contributed by atoms with Crippen molar-refractivity contribution in [3.63, 3.8) is 0 Å². The van der Waals surface area contributed by atoms with Gasteiger partial charge in [-0.3, -0.25) is 4.79 Å². The standard InChI is InChI=1S/C22H30N6O3S/c1-4-13-32-22-26-19(23-10-12-31-5-2)18-15-25-28(20(18)27-22)11-9-24-21(29)16-7-6-8-17(14-16)30-3/h6-8,14-15H,4-5,9-13H2,1-3H3,(H,24,29)(H,23,26,27). The van der Waals surface area contributed by atoms with Gasteiger partial charge in [0.1, 0.15) is 11.6 Å². The number of hydrogen-bond donors (Lipinski definition) is 2. The first-order valence-corrected chi connectivity index (χ1v) is 11.7. The van der Waals surface area contributed by atoms with E-state index in [4.69, 9.17) is 14.5 Å². The van der Waals surface area contributed by atoms with Gasteiger partial charge in [-0.2, -0.15) is 5.10 Å². The quantitative estimate of drug-likeness (QED) is 0.229. The first-order valence-electron chi connectivity index (χ1n) is 10.8. The molecule has 0 saturated carbocycles. The van der Waals surface area contributed by atoms with Crippen LogP contribution in [0.25, 0.3) is 11.0 Å². The van der Waals surface area contributed by atoms with Crippen LogP contribution < -0.4 is 15.4 Å². The molecule has 0 unspecified atom stereocenters. The molecule has 2 heterocycles. The second kappa shape index (κ2) is 12.3. The maximum absolute atomic E-state index is 12.5. The van der Waals surface area contributed by atoms with Crippen LogP contribution in [-0.2, 0) is 11.3 Å².